The highest BCUT2D eigenvalue weighted by Gasteiger charge is 2.71. The maximum absolute atomic E-state index is 14.9. The van der Waals surface area contributed by atoms with Crippen LogP contribution in [0.3, 0.4) is 0 Å². The van der Waals surface area contributed by atoms with E-state index in [2.05, 4.69) is 15.7 Å². The monoisotopic (exact) mass is 488 g/mol. The summed E-state index contributed by atoms with van der Waals surface area (Å²) in [6, 6.07) is 3.30. The fourth-order valence-corrected chi connectivity index (χ4v) is 6.41. The van der Waals surface area contributed by atoms with Crippen molar-refractivity contribution in [3.8, 4) is 0 Å². The number of guanidine groups is 1. The highest BCUT2D eigenvalue weighted by Crippen LogP contribution is 2.58. The maximum atomic E-state index is 14.9. The molecule has 0 unspecified atom stereocenters. The maximum Gasteiger partial charge on any atom is 0.435 e. The van der Waals surface area contributed by atoms with Crippen molar-refractivity contribution in [3.05, 3.63) is 47.0 Å². The van der Waals surface area contributed by atoms with Crippen LogP contribution < -0.4 is 10.6 Å². The van der Waals surface area contributed by atoms with E-state index in [1.165, 1.54) is 21.0 Å². The van der Waals surface area contributed by atoms with Gasteiger partial charge in [0.1, 0.15) is 10.6 Å². The fraction of sp³-hybridized carbons (Fsp3) is 0.421. The molecule has 1 aromatic heterocycles. The molecule has 14 heteroatoms. The summed E-state index contributed by atoms with van der Waals surface area (Å²) < 4.78 is 80.9. The van der Waals surface area contributed by atoms with E-state index in [9.17, 15) is 30.8 Å². The molecule has 2 aliphatic rings. The van der Waals surface area contributed by atoms with Gasteiger partial charge in [-0.25, -0.2) is 17.1 Å². The molecule has 1 spiro atoms. The number of amides is 1. The molecule has 4 rings (SSSR count). The SMILES string of the molecule is CN1C(=N)N[C@](C)(c2cc(NC(=O)c3cn(C)nc3C(F)(F)F)ccc2F)C2(CC2)S1(=O)=O. The van der Waals surface area contributed by atoms with Crippen LogP contribution in [0.5, 0.6) is 0 Å². The average Bonchev–Trinajstić information content (AvgIpc) is 3.44. The molecule has 0 radical (unpaired) electrons. The first kappa shape index (κ1) is 23.0. The van der Waals surface area contributed by atoms with Crippen molar-refractivity contribution in [3.63, 3.8) is 0 Å². The first-order chi connectivity index (χ1) is 15.1. The Kier molecular flexibility index (Phi) is 4.82. The Hall–Kier alpha value is -3.16. The van der Waals surface area contributed by atoms with Gasteiger partial charge >= 0.3 is 6.18 Å². The first-order valence-corrected chi connectivity index (χ1v) is 11.2. The summed E-state index contributed by atoms with van der Waals surface area (Å²) in [5.74, 6) is -2.36. The third kappa shape index (κ3) is 3.26. The molecule has 1 atom stereocenters. The summed E-state index contributed by atoms with van der Waals surface area (Å²) in [6.45, 7) is 1.45. The molecule has 1 amide bonds. The smallest absolute Gasteiger partial charge is 0.345 e. The van der Waals surface area contributed by atoms with Crippen LogP contribution in [-0.2, 0) is 28.8 Å². The number of hydrogen-bond donors (Lipinski definition) is 3. The number of nitrogens with one attached hydrogen (secondary N) is 3. The lowest BCUT2D eigenvalue weighted by Gasteiger charge is -2.47. The molecule has 1 aliphatic carbocycles. The number of sulfonamides is 1. The van der Waals surface area contributed by atoms with Gasteiger partial charge in [-0.1, -0.05) is 0 Å². The minimum Gasteiger partial charge on any atom is -0.345 e. The van der Waals surface area contributed by atoms with Crippen molar-refractivity contribution in [1.82, 2.24) is 19.4 Å². The Bertz CT molecular complexity index is 1280. The van der Waals surface area contributed by atoms with Crippen LogP contribution in [0, 0.1) is 11.2 Å². The van der Waals surface area contributed by atoms with E-state index >= 15 is 0 Å². The predicted octanol–water partition coefficient (Wildman–Crippen LogP) is 2.38. The van der Waals surface area contributed by atoms with E-state index in [1.54, 1.807) is 0 Å². The third-order valence-corrected chi connectivity index (χ3v) is 8.97. The normalized spacial score (nSPS) is 23.4. The highest BCUT2D eigenvalue weighted by molar-refractivity contribution is 7.91. The molecule has 2 fully saturated rings. The standard InChI is InChI=1S/C19H20F4N6O3S/c1-17(18(6-7-18)33(31,32)29(3)16(24)26-17)12-8-10(4-5-13(12)20)25-15(30)11-9-28(2)27-14(11)19(21,22)23/h4-5,8-9H,6-7H2,1-3H3,(H2,24,26)(H,25,30)/t17-/m1/s1. The van der Waals surface area contributed by atoms with Crippen molar-refractivity contribution in [2.45, 2.75) is 36.2 Å². The van der Waals surface area contributed by atoms with Gasteiger partial charge in [-0.05, 0) is 38.0 Å². The van der Waals surface area contributed by atoms with Crippen molar-refractivity contribution in [1.29, 1.82) is 5.41 Å². The van der Waals surface area contributed by atoms with Gasteiger partial charge in [0, 0.05) is 31.5 Å². The van der Waals surface area contributed by atoms with Crippen LogP contribution >= 0.6 is 0 Å². The van der Waals surface area contributed by atoms with E-state index in [0.717, 1.165) is 33.4 Å². The van der Waals surface area contributed by atoms with Crippen molar-refractivity contribution < 1.29 is 30.8 Å². The summed E-state index contributed by atoms with van der Waals surface area (Å²) in [7, 11) is -1.53. The van der Waals surface area contributed by atoms with E-state index in [0.29, 0.717) is 0 Å². The second-order valence-electron chi connectivity index (χ2n) is 8.28. The Morgan fingerprint density at radius 3 is 2.48 bits per heavy atom. The van der Waals surface area contributed by atoms with Gasteiger partial charge in [-0.3, -0.25) is 14.9 Å². The molecule has 1 saturated heterocycles. The molecular weight excluding hydrogens is 468 g/mol. The summed E-state index contributed by atoms with van der Waals surface area (Å²) in [5.41, 5.74) is -3.82. The van der Waals surface area contributed by atoms with Gasteiger partial charge in [0.05, 0.1) is 11.1 Å². The van der Waals surface area contributed by atoms with E-state index in [-0.39, 0.29) is 24.1 Å². The van der Waals surface area contributed by atoms with Crippen LogP contribution in [0.25, 0.3) is 0 Å². The van der Waals surface area contributed by atoms with Gasteiger partial charge in [0.15, 0.2) is 5.69 Å². The largest absolute Gasteiger partial charge is 0.435 e. The van der Waals surface area contributed by atoms with Gasteiger partial charge in [-0.2, -0.15) is 18.3 Å². The van der Waals surface area contributed by atoms with E-state index in [4.69, 9.17) is 5.41 Å². The van der Waals surface area contributed by atoms with Crippen LogP contribution in [-0.4, -0.2) is 46.2 Å². The van der Waals surface area contributed by atoms with Crippen LogP contribution in [0.15, 0.2) is 24.4 Å². The fourth-order valence-electron chi connectivity index (χ4n) is 4.30. The van der Waals surface area contributed by atoms with Crippen molar-refractivity contribution in [2.75, 3.05) is 12.4 Å². The van der Waals surface area contributed by atoms with Gasteiger partial charge < -0.3 is 10.6 Å². The minimum absolute atomic E-state index is 0.0462. The molecule has 1 saturated carbocycles. The first-order valence-electron chi connectivity index (χ1n) is 9.71. The summed E-state index contributed by atoms with van der Waals surface area (Å²) in [6.07, 6.45) is -3.51. The number of carbonyl (C=O) groups is 1. The molecule has 1 aromatic carbocycles. The molecule has 0 bridgehead atoms. The van der Waals surface area contributed by atoms with E-state index < -0.39 is 55.4 Å². The Morgan fingerprint density at radius 1 is 1.27 bits per heavy atom. The van der Waals surface area contributed by atoms with Crippen LogP contribution in [0.1, 0.15) is 41.4 Å². The Labute approximate surface area is 186 Å². The number of hydrogen-bond acceptors (Lipinski definition) is 5. The van der Waals surface area contributed by atoms with E-state index in [1.807, 2.05) is 0 Å². The number of aryl methyl sites for hydroxylation is 1. The van der Waals surface area contributed by atoms with Crippen molar-refractivity contribution in [2.24, 2.45) is 7.05 Å². The molecule has 1 aliphatic heterocycles. The number of benzene rings is 1. The number of alkyl halides is 3. The number of rotatable bonds is 3. The molecular formula is C19H20F4N6O3S. The number of anilines is 1. The Balaban J connectivity index is 1.73. The Morgan fingerprint density at radius 2 is 1.91 bits per heavy atom. The zero-order valence-corrected chi connectivity index (χ0v) is 18.5. The second kappa shape index (κ2) is 6.92. The summed E-state index contributed by atoms with van der Waals surface area (Å²) >= 11 is 0. The third-order valence-electron chi connectivity index (χ3n) is 6.26. The molecule has 2 aromatic rings. The number of halogens is 4. The number of nitrogens with zero attached hydrogens (tertiary/aromatic N) is 3. The lowest BCUT2D eigenvalue weighted by atomic mass is 9.85. The topological polar surface area (TPSA) is 120 Å². The lowest BCUT2D eigenvalue weighted by Crippen LogP contribution is -2.67. The van der Waals surface area contributed by atoms with Crippen molar-refractivity contribution >= 4 is 27.6 Å². The molecule has 2 heterocycles. The number of aromatic nitrogens is 2. The average molecular weight is 488 g/mol. The van der Waals surface area contributed by atoms with Crippen LogP contribution in [0.4, 0.5) is 23.2 Å². The van der Waals surface area contributed by atoms with Gasteiger partial charge in [0.2, 0.25) is 16.0 Å². The van der Waals surface area contributed by atoms with Crippen LogP contribution in [0.2, 0.25) is 0 Å². The molecule has 33 heavy (non-hydrogen) atoms. The number of carbonyl (C=O) groups excluding carboxylic acids is 1. The zero-order chi connectivity index (χ0) is 24.6. The zero-order valence-electron chi connectivity index (χ0n) is 17.7. The molecule has 178 valence electrons. The predicted molar refractivity (Wildman–Crippen MR) is 109 cm³/mol. The minimum atomic E-state index is -4.86. The quantitative estimate of drug-likeness (QED) is 0.573. The summed E-state index contributed by atoms with van der Waals surface area (Å²) in [4.78, 5) is 12.6. The molecule has 3 N–H and O–H groups in total. The van der Waals surface area contributed by atoms with Gasteiger partial charge in [0.25, 0.3) is 5.91 Å². The lowest BCUT2D eigenvalue weighted by molar-refractivity contribution is -0.141. The summed E-state index contributed by atoms with van der Waals surface area (Å²) in [5, 5.41) is 16.4. The molecule has 9 nitrogen and oxygen atoms in total. The van der Waals surface area contributed by atoms with Gasteiger partial charge in [-0.15, -0.1) is 0 Å². The highest BCUT2D eigenvalue weighted by atomic mass is 32.2. The second-order valence-corrected chi connectivity index (χ2v) is 10.6.